The van der Waals surface area contributed by atoms with Gasteiger partial charge in [-0.1, -0.05) is 109 Å². The van der Waals surface area contributed by atoms with Crippen LogP contribution in [0, 0.1) is 0 Å². The van der Waals surface area contributed by atoms with Crippen molar-refractivity contribution in [2.24, 2.45) is 0 Å². The number of aromatic hydroxyl groups is 4. The molecule has 7 aromatic carbocycles. The second-order valence-corrected chi connectivity index (χ2v) is 13.8. The molecule has 0 aliphatic rings. The average molecular weight is 684 g/mol. The van der Waals surface area contributed by atoms with Crippen molar-refractivity contribution in [2.75, 3.05) is 0 Å². The second-order valence-electron chi connectivity index (χ2n) is 12.8. The fourth-order valence-corrected chi connectivity index (χ4v) is 8.37. The molecule has 1 heterocycles. The predicted molar refractivity (Wildman–Crippen MR) is 221 cm³/mol. The summed E-state index contributed by atoms with van der Waals surface area (Å²) in [4.78, 5) is 0. The molecule has 0 unspecified atom stereocenters. The van der Waals surface area contributed by atoms with Crippen LogP contribution in [0.1, 0.15) is 0 Å². The van der Waals surface area contributed by atoms with Crippen LogP contribution in [0.2, 0.25) is 0 Å². The quantitative estimate of drug-likeness (QED) is 0.0973. The Bertz CT molecular complexity index is 2900. The minimum Gasteiger partial charge on any atom is -0.507 e. The van der Waals surface area contributed by atoms with Gasteiger partial charge in [-0.05, 0) is 73.8 Å². The molecule has 0 saturated heterocycles. The van der Waals surface area contributed by atoms with Gasteiger partial charge in [0.25, 0.3) is 0 Å². The van der Waals surface area contributed by atoms with Gasteiger partial charge in [0, 0.05) is 42.1 Å². The Hall–Kier alpha value is -6.11. The number of benzene rings is 6. The summed E-state index contributed by atoms with van der Waals surface area (Å²) >= 11 is 1.57. The van der Waals surface area contributed by atoms with Crippen molar-refractivity contribution < 1.29 is 20.4 Å². The van der Waals surface area contributed by atoms with E-state index in [9.17, 15) is 20.4 Å². The smallest absolute Gasteiger partial charge is 0.164 e. The normalized spacial score (nSPS) is 11.4. The monoisotopic (exact) mass is 684 g/mol. The summed E-state index contributed by atoms with van der Waals surface area (Å²) in [5.41, 5.74) is 3.84. The SMILES string of the molecule is [B]c1c([B])c(O)c(O)c(-c2ccc3c(c2)sc2cccc(-c4c5cccc(O)c5c(-c5ccc(=C)ccccc(=C)c5)c5c(O)cccc45)c23)c1[B]. The van der Waals surface area contributed by atoms with E-state index in [4.69, 9.17) is 23.5 Å². The second kappa shape index (κ2) is 12.6. The van der Waals surface area contributed by atoms with Gasteiger partial charge in [-0.25, -0.2) is 0 Å². The Kier molecular flexibility index (Phi) is 8.00. The number of fused-ring (bicyclic) bond motifs is 5. The zero-order valence-electron chi connectivity index (χ0n) is 27.8. The number of hydrogen-bond acceptors (Lipinski definition) is 5. The summed E-state index contributed by atoms with van der Waals surface area (Å²) in [6, 6.07) is 36.1. The highest BCUT2D eigenvalue weighted by atomic mass is 32.1. The van der Waals surface area contributed by atoms with Gasteiger partial charge in [0.15, 0.2) is 5.75 Å². The number of phenolic OH excluding ortho intramolecular Hbond substituents is 4. The van der Waals surface area contributed by atoms with Crippen molar-refractivity contribution in [3.8, 4) is 56.4 Å². The summed E-state index contributed by atoms with van der Waals surface area (Å²) in [6.07, 6.45) is 0. The Balaban J connectivity index is 1.48. The molecule has 0 aliphatic heterocycles. The molecule has 0 aliphatic carbocycles. The lowest BCUT2D eigenvalue weighted by molar-refractivity contribution is 0.409. The molecule has 8 aromatic rings. The van der Waals surface area contributed by atoms with Crippen molar-refractivity contribution in [2.45, 2.75) is 0 Å². The van der Waals surface area contributed by atoms with E-state index in [1.807, 2.05) is 97.1 Å². The Morgan fingerprint density at radius 2 is 1.06 bits per heavy atom. The molecular weight excluding hydrogens is 657 g/mol. The molecule has 8 heteroatoms. The topological polar surface area (TPSA) is 80.9 Å². The van der Waals surface area contributed by atoms with Gasteiger partial charge in [-0.3, -0.25) is 0 Å². The molecular formula is C44H27B3O4S. The molecule has 0 bridgehead atoms. The standard InChI is InChI=1S/C44H27B3O4S/c1-22-8-3-4-9-23(2)20-24(17-16-22)34-38-28(10-5-13-30(38)48)36(29-11-6-14-31(49)39(29)34)27-12-7-15-32-37(27)26-19-18-25(21-33(26)52-32)35-40(45)41(46)42(47)44(51)43(35)50/h3-21,48-51H,1-2H2. The molecule has 4 nitrogen and oxygen atoms in total. The van der Waals surface area contributed by atoms with Gasteiger partial charge in [-0.15, -0.1) is 16.8 Å². The van der Waals surface area contributed by atoms with Crippen LogP contribution in [0.4, 0.5) is 0 Å². The number of phenols is 4. The minimum atomic E-state index is -0.520. The van der Waals surface area contributed by atoms with Gasteiger partial charge >= 0.3 is 0 Å². The van der Waals surface area contributed by atoms with Gasteiger partial charge in [0.1, 0.15) is 40.8 Å². The van der Waals surface area contributed by atoms with Gasteiger partial charge in [0.05, 0.1) is 0 Å². The van der Waals surface area contributed by atoms with Crippen molar-refractivity contribution >= 4 is 106 Å². The highest BCUT2D eigenvalue weighted by Crippen LogP contribution is 2.51. The van der Waals surface area contributed by atoms with Crippen molar-refractivity contribution in [3.05, 3.63) is 126 Å². The third kappa shape index (κ3) is 5.18. The lowest BCUT2D eigenvalue weighted by Gasteiger charge is -2.19. The van der Waals surface area contributed by atoms with E-state index >= 15 is 0 Å². The molecule has 0 fully saturated rings. The Labute approximate surface area is 307 Å². The van der Waals surface area contributed by atoms with E-state index in [1.54, 1.807) is 23.5 Å². The maximum atomic E-state index is 11.7. The lowest BCUT2D eigenvalue weighted by Crippen LogP contribution is -2.40. The minimum absolute atomic E-state index is 0.00278. The largest absolute Gasteiger partial charge is 0.507 e. The van der Waals surface area contributed by atoms with Crippen LogP contribution in [0.15, 0.2) is 115 Å². The number of thiophene rings is 1. The Morgan fingerprint density at radius 1 is 0.442 bits per heavy atom. The van der Waals surface area contributed by atoms with E-state index in [2.05, 4.69) is 19.2 Å². The van der Waals surface area contributed by atoms with Gasteiger partial charge in [-0.2, -0.15) is 0 Å². The van der Waals surface area contributed by atoms with Crippen LogP contribution in [-0.2, 0) is 0 Å². The molecule has 1 aromatic heterocycles. The summed E-state index contributed by atoms with van der Waals surface area (Å²) in [7, 11) is 18.3. The van der Waals surface area contributed by atoms with Gasteiger partial charge in [0.2, 0.25) is 0 Å². The van der Waals surface area contributed by atoms with Crippen molar-refractivity contribution in [1.29, 1.82) is 0 Å². The fourth-order valence-electron chi connectivity index (χ4n) is 7.20. The third-order valence-corrected chi connectivity index (χ3v) is 10.7. The highest BCUT2D eigenvalue weighted by Gasteiger charge is 2.24. The van der Waals surface area contributed by atoms with E-state index < -0.39 is 11.5 Å². The maximum Gasteiger partial charge on any atom is 0.164 e. The maximum absolute atomic E-state index is 11.7. The third-order valence-electron chi connectivity index (χ3n) is 9.58. The molecule has 242 valence electrons. The molecule has 0 atom stereocenters. The Morgan fingerprint density at radius 3 is 1.75 bits per heavy atom. The molecule has 6 radical (unpaired) electrons. The lowest BCUT2D eigenvalue weighted by atomic mass is 9.68. The average Bonchev–Trinajstić information content (AvgIpc) is 3.51. The molecule has 8 rings (SSSR count). The van der Waals surface area contributed by atoms with E-state index in [0.29, 0.717) is 21.9 Å². The zero-order chi connectivity index (χ0) is 36.4. The van der Waals surface area contributed by atoms with Crippen LogP contribution < -0.4 is 26.8 Å². The predicted octanol–water partition coefficient (Wildman–Crippen LogP) is 6.51. The van der Waals surface area contributed by atoms with E-state index in [1.165, 1.54) is 0 Å². The first-order chi connectivity index (χ1) is 25.0. The summed E-state index contributed by atoms with van der Waals surface area (Å²) < 4.78 is 1.90. The summed E-state index contributed by atoms with van der Waals surface area (Å²) in [5, 5.41) is 50.9. The van der Waals surface area contributed by atoms with E-state index in [0.717, 1.165) is 58.1 Å². The first kappa shape index (κ1) is 33.1. The number of hydrogen-bond donors (Lipinski definition) is 4. The van der Waals surface area contributed by atoms with Crippen molar-refractivity contribution in [1.82, 2.24) is 0 Å². The molecule has 0 spiro atoms. The van der Waals surface area contributed by atoms with Crippen LogP contribution in [-0.4, -0.2) is 44.0 Å². The van der Waals surface area contributed by atoms with E-state index in [-0.39, 0.29) is 33.5 Å². The van der Waals surface area contributed by atoms with Crippen LogP contribution in [0.25, 0.3) is 88.3 Å². The molecule has 4 N–H and O–H groups in total. The molecule has 0 amide bonds. The highest BCUT2D eigenvalue weighted by molar-refractivity contribution is 7.26. The first-order valence-corrected chi connectivity index (χ1v) is 17.2. The van der Waals surface area contributed by atoms with Crippen LogP contribution in [0.3, 0.4) is 0 Å². The molecule has 0 saturated carbocycles. The summed E-state index contributed by atoms with van der Waals surface area (Å²) in [6.45, 7) is 8.38. The van der Waals surface area contributed by atoms with Crippen molar-refractivity contribution in [3.63, 3.8) is 0 Å². The van der Waals surface area contributed by atoms with Crippen LogP contribution in [0.5, 0.6) is 23.0 Å². The van der Waals surface area contributed by atoms with Crippen LogP contribution >= 0.6 is 11.3 Å². The molecule has 52 heavy (non-hydrogen) atoms. The number of rotatable bonds is 3. The van der Waals surface area contributed by atoms with Gasteiger partial charge < -0.3 is 20.4 Å². The zero-order valence-corrected chi connectivity index (χ0v) is 28.6. The fraction of sp³-hybridized carbons (Fsp3) is 0. The summed E-state index contributed by atoms with van der Waals surface area (Å²) in [5.74, 6) is -0.821. The first-order valence-electron chi connectivity index (χ1n) is 16.4.